The molecular formula is C25H18N2O2S. The second-order valence-electron chi connectivity index (χ2n) is 7.09. The first kappa shape index (κ1) is 18.2. The average Bonchev–Trinajstić information content (AvgIpc) is 3.37. The quantitative estimate of drug-likeness (QED) is 0.314. The van der Waals surface area contributed by atoms with Gasteiger partial charge in [0.2, 0.25) is 5.78 Å². The molecule has 2 aromatic heterocycles. The maximum absolute atomic E-state index is 13.3. The molecule has 4 N–H and O–H groups in total. The number of carbonyl (C=O) groups excluding carboxylic acids is 1. The molecule has 0 aliphatic heterocycles. The summed E-state index contributed by atoms with van der Waals surface area (Å²) in [5.41, 5.74) is 10.2. The van der Waals surface area contributed by atoms with E-state index in [0.29, 0.717) is 16.3 Å². The highest BCUT2D eigenvalue weighted by Gasteiger charge is 2.21. The van der Waals surface area contributed by atoms with Crippen LogP contribution in [0.2, 0.25) is 0 Å². The zero-order valence-corrected chi connectivity index (χ0v) is 16.7. The van der Waals surface area contributed by atoms with E-state index in [-0.39, 0.29) is 11.5 Å². The number of aromatic nitrogens is 1. The molecule has 30 heavy (non-hydrogen) atoms. The number of rotatable bonds is 4. The summed E-state index contributed by atoms with van der Waals surface area (Å²) < 4.78 is 0.880. The minimum atomic E-state index is -0.0208. The normalized spacial score (nSPS) is 11.1. The van der Waals surface area contributed by atoms with Gasteiger partial charge in [-0.2, -0.15) is 0 Å². The van der Waals surface area contributed by atoms with Crippen LogP contribution in [0, 0.1) is 0 Å². The van der Waals surface area contributed by atoms with Gasteiger partial charge < -0.3 is 15.8 Å². The van der Waals surface area contributed by atoms with Crippen LogP contribution in [0.3, 0.4) is 0 Å². The molecule has 5 rings (SSSR count). The van der Waals surface area contributed by atoms with Gasteiger partial charge in [0.25, 0.3) is 0 Å². The zero-order valence-electron chi connectivity index (χ0n) is 15.9. The number of H-pyrrole nitrogens is 1. The van der Waals surface area contributed by atoms with E-state index in [1.807, 2.05) is 72.8 Å². The van der Waals surface area contributed by atoms with E-state index < -0.39 is 0 Å². The fourth-order valence-corrected chi connectivity index (χ4v) is 4.87. The monoisotopic (exact) mass is 410 g/mol. The fraction of sp³-hybridized carbons (Fsp3) is 0. The standard InChI is InChI=1S/C25H18N2O2S/c26-22-13-12-20(27-22)15-6-8-16(9-7-15)23-19-11-10-18(28)14-21(19)30-25(23)24(29)17-4-2-1-3-5-17/h1-14,27-28H,26H2. The third-order valence-electron chi connectivity index (χ3n) is 5.11. The lowest BCUT2D eigenvalue weighted by atomic mass is 9.97. The third kappa shape index (κ3) is 3.15. The van der Waals surface area contributed by atoms with Crippen LogP contribution in [-0.4, -0.2) is 15.9 Å². The summed E-state index contributed by atoms with van der Waals surface area (Å²) in [6, 6.07) is 26.4. The number of carbonyl (C=O) groups is 1. The van der Waals surface area contributed by atoms with Crippen LogP contribution in [0.5, 0.6) is 5.75 Å². The molecule has 0 bridgehead atoms. The number of benzene rings is 3. The number of aromatic hydroxyl groups is 1. The summed E-state index contributed by atoms with van der Waals surface area (Å²) in [5.74, 6) is 0.787. The van der Waals surface area contributed by atoms with Crippen LogP contribution in [0.4, 0.5) is 5.82 Å². The van der Waals surface area contributed by atoms with Gasteiger partial charge in [-0.1, -0.05) is 54.6 Å². The largest absolute Gasteiger partial charge is 0.508 e. The molecule has 0 aliphatic rings. The lowest BCUT2D eigenvalue weighted by molar-refractivity contribution is 0.104. The van der Waals surface area contributed by atoms with Crippen molar-refractivity contribution in [3.63, 3.8) is 0 Å². The molecule has 0 saturated heterocycles. The Hall–Kier alpha value is -3.83. The first-order valence-corrected chi connectivity index (χ1v) is 10.3. The number of hydrogen-bond donors (Lipinski definition) is 3. The Labute approximate surface area is 177 Å². The molecule has 5 heteroatoms. The van der Waals surface area contributed by atoms with Crippen molar-refractivity contribution in [2.24, 2.45) is 0 Å². The first-order chi connectivity index (χ1) is 14.6. The predicted octanol–water partition coefficient (Wildman–Crippen LogP) is 6.08. The lowest BCUT2D eigenvalue weighted by Gasteiger charge is -2.07. The SMILES string of the molecule is Nc1ccc(-c2ccc(-c3c(C(=O)c4ccccc4)sc4cc(O)ccc34)cc2)[nH]1. The van der Waals surface area contributed by atoms with Crippen molar-refractivity contribution in [2.75, 3.05) is 5.73 Å². The third-order valence-corrected chi connectivity index (χ3v) is 6.26. The summed E-state index contributed by atoms with van der Waals surface area (Å²) in [6.45, 7) is 0. The number of thiophene rings is 1. The Morgan fingerprint density at radius 3 is 2.30 bits per heavy atom. The molecule has 2 heterocycles. The van der Waals surface area contributed by atoms with Crippen LogP contribution in [0.15, 0.2) is 84.9 Å². The maximum atomic E-state index is 13.3. The van der Waals surface area contributed by atoms with Gasteiger partial charge >= 0.3 is 0 Å². The molecule has 3 aromatic carbocycles. The summed E-state index contributed by atoms with van der Waals surface area (Å²) in [7, 11) is 0. The summed E-state index contributed by atoms with van der Waals surface area (Å²) in [5, 5.41) is 10.9. The fourth-order valence-electron chi connectivity index (χ4n) is 3.65. The number of anilines is 1. The minimum Gasteiger partial charge on any atom is -0.508 e. The number of ketones is 1. The van der Waals surface area contributed by atoms with Crippen molar-refractivity contribution in [3.8, 4) is 28.1 Å². The summed E-state index contributed by atoms with van der Waals surface area (Å²) in [6.07, 6.45) is 0. The van der Waals surface area contributed by atoms with Gasteiger partial charge in [-0.25, -0.2) is 0 Å². The number of phenolic OH excluding ortho intramolecular Hbond substituents is 1. The zero-order chi connectivity index (χ0) is 20.7. The molecule has 0 saturated carbocycles. The van der Waals surface area contributed by atoms with Gasteiger partial charge in [-0.05, 0) is 41.5 Å². The number of nitrogen functional groups attached to an aromatic ring is 1. The molecule has 0 aliphatic carbocycles. The number of fused-ring (bicyclic) bond motifs is 1. The summed E-state index contributed by atoms with van der Waals surface area (Å²) >= 11 is 1.41. The van der Waals surface area contributed by atoms with Gasteiger partial charge in [-0.15, -0.1) is 11.3 Å². The Kier molecular flexibility index (Phi) is 4.38. The molecule has 5 aromatic rings. The van der Waals surface area contributed by atoms with Crippen molar-refractivity contribution in [3.05, 3.63) is 95.4 Å². The van der Waals surface area contributed by atoms with Crippen LogP contribution in [0.1, 0.15) is 15.2 Å². The van der Waals surface area contributed by atoms with E-state index in [1.165, 1.54) is 11.3 Å². The van der Waals surface area contributed by atoms with Crippen molar-refractivity contribution in [2.45, 2.75) is 0 Å². The van der Waals surface area contributed by atoms with Crippen molar-refractivity contribution in [1.82, 2.24) is 4.98 Å². The second kappa shape index (κ2) is 7.21. The van der Waals surface area contributed by atoms with Gasteiger partial charge in [0, 0.05) is 26.9 Å². The van der Waals surface area contributed by atoms with Crippen molar-refractivity contribution in [1.29, 1.82) is 0 Å². The number of nitrogens with two attached hydrogens (primary N) is 1. The van der Waals surface area contributed by atoms with E-state index >= 15 is 0 Å². The second-order valence-corrected chi connectivity index (χ2v) is 8.14. The van der Waals surface area contributed by atoms with Crippen LogP contribution in [-0.2, 0) is 0 Å². The van der Waals surface area contributed by atoms with E-state index in [4.69, 9.17) is 5.73 Å². The smallest absolute Gasteiger partial charge is 0.203 e. The first-order valence-electron chi connectivity index (χ1n) is 9.51. The summed E-state index contributed by atoms with van der Waals surface area (Å²) in [4.78, 5) is 17.1. The Bertz CT molecular complexity index is 1370. The number of nitrogens with one attached hydrogen (secondary N) is 1. The molecular weight excluding hydrogens is 392 g/mol. The van der Waals surface area contributed by atoms with E-state index in [1.54, 1.807) is 12.1 Å². The number of aromatic amines is 1. The average molecular weight is 410 g/mol. The lowest BCUT2D eigenvalue weighted by Crippen LogP contribution is -2.00. The Balaban J connectivity index is 1.66. The minimum absolute atomic E-state index is 0.0208. The molecule has 0 amide bonds. The van der Waals surface area contributed by atoms with Crippen LogP contribution >= 0.6 is 11.3 Å². The molecule has 0 unspecified atom stereocenters. The molecule has 146 valence electrons. The van der Waals surface area contributed by atoms with Gasteiger partial charge in [-0.3, -0.25) is 4.79 Å². The highest BCUT2D eigenvalue weighted by atomic mass is 32.1. The Morgan fingerprint density at radius 2 is 1.60 bits per heavy atom. The van der Waals surface area contributed by atoms with Gasteiger partial charge in [0.15, 0.2) is 0 Å². The van der Waals surface area contributed by atoms with Crippen LogP contribution in [0.25, 0.3) is 32.5 Å². The van der Waals surface area contributed by atoms with E-state index in [2.05, 4.69) is 4.98 Å². The molecule has 0 radical (unpaired) electrons. The van der Waals surface area contributed by atoms with Crippen LogP contribution < -0.4 is 5.73 Å². The van der Waals surface area contributed by atoms with Crippen molar-refractivity contribution >= 4 is 33.0 Å². The molecule has 0 spiro atoms. The number of hydrogen-bond acceptors (Lipinski definition) is 4. The molecule has 0 atom stereocenters. The van der Waals surface area contributed by atoms with Gasteiger partial charge in [0.05, 0.1) is 4.88 Å². The maximum Gasteiger partial charge on any atom is 0.203 e. The predicted molar refractivity (Wildman–Crippen MR) is 123 cm³/mol. The molecule has 4 nitrogen and oxygen atoms in total. The van der Waals surface area contributed by atoms with Gasteiger partial charge in [0.1, 0.15) is 11.6 Å². The molecule has 0 fully saturated rings. The highest BCUT2D eigenvalue weighted by molar-refractivity contribution is 7.21. The Morgan fingerprint density at radius 1 is 0.867 bits per heavy atom. The van der Waals surface area contributed by atoms with Crippen molar-refractivity contribution < 1.29 is 9.90 Å². The van der Waals surface area contributed by atoms with E-state index in [9.17, 15) is 9.90 Å². The van der Waals surface area contributed by atoms with E-state index in [0.717, 1.165) is 32.5 Å². The topological polar surface area (TPSA) is 79.1 Å². The highest BCUT2D eigenvalue weighted by Crippen LogP contribution is 2.41. The number of phenols is 1.